The summed E-state index contributed by atoms with van der Waals surface area (Å²) in [6, 6.07) is 0.0927. The van der Waals surface area contributed by atoms with Gasteiger partial charge in [-0.15, -0.1) is 0 Å². The van der Waals surface area contributed by atoms with Gasteiger partial charge >= 0.3 is 0 Å². The first-order chi connectivity index (χ1) is 10.4. The van der Waals surface area contributed by atoms with Gasteiger partial charge in [0.05, 0.1) is 12.6 Å². The van der Waals surface area contributed by atoms with Crippen molar-refractivity contribution in [3.63, 3.8) is 0 Å². The van der Waals surface area contributed by atoms with E-state index in [0.29, 0.717) is 11.3 Å². The fraction of sp³-hybridized carbons (Fsp3) is 0.944. The quantitative estimate of drug-likeness (QED) is 0.800. The standard InChI is InChI=1S/C18H34N2O2/c1-18(2,3)15-8-11-20(12-9-15)17(21)16-7-5-6-10-19(16)13-14-22-4/h15-16H,5-14H2,1-4H3. The maximum absolute atomic E-state index is 12.9. The minimum atomic E-state index is 0.0927. The van der Waals surface area contributed by atoms with Crippen molar-refractivity contribution in [2.45, 2.75) is 58.9 Å². The average Bonchev–Trinajstić information content (AvgIpc) is 2.52. The number of amides is 1. The van der Waals surface area contributed by atoms with E-state index in [2.05, 4.69) is 30.6 Å². The molecule has 0 aromatic heterocycles. The molecule has 0 aliphatic carbocycles. The van der Waals surface area contributed by atoms with Crippen LogP contribution < -0.4 is 0 Å². The van der Waals surface area contributed by atoms with E-state index in [1.54, 1.807) is 7.11 Å². The number of hydrogen-bond donors (Lipinski definition) is 0. The lowest BCUT2D eigenvalue weighted by Crippen LogP contribution is -2.53. The van der Waals surface area contributed by atoms with Gasteiger partial charge in [0.25, 0.3) is 0 Å². The van der Waals surface area contributed by atoms with Crippen LogP contribution in [0.4, 0.5) is 0 Å². The number of methoxy groups -OCH3 is 1. The number of rotatable bonds is 4. The van der Waals surface area contributed by atoms with Crippen LogP contribution in [0.5, 0.6) is 0 Å². The molecule has 2 fully saturated rings. The van der Waals surface area contributed by atoms with Crippen molar-refractivity contribution in [3.8, 4) is 0 Å². The number of carbonyl (C=O) groups excluding carboxylic acids is 1. The highest BCUT2D eigenvalue weighted by molar-refractivity contribution is 5.82. The zero-order valence-electron chi connectivity index (χ0n) is 14.9. The van der Waals surface area contributed by atoms with E-state index in [4.69, 9.17) is 4.74 Å². The van der Waals surface area contributed by atoms with E-state index in [-0.39, 0.29) is 6.04 Å². The molecule has 128 valence electrons. The molecule has 1 amide bonds. The van der Waals surface area contributed by atoms with Crippen molar-refractivity contribution < 1.29 is 9.53 Å². The largest absolute Gasteiger partial charge is 0.383 e. The molecule has 2 aliphatic rings. The zero-order chi connectivity index (χ0) is 16.2. The second-order valence-corrected chi connectivity index (χ2v) is 8.01. The van der Waals surface area contributed by atoms with Crippen LogP contribution in [-0.2, 0) is 9.53 Å². The van der Waals surface area contributed by atoms with E-state index in [1.807, 2.05) is 0 Å². The summed E-state index contributed by atoms with van der Waals surface area (Å²) in [6.45, 7) is 11.5. The second-order valence-electron chi connectivity index (χ2n) is 8.01. The summed E-state index contributed by atoms with van der Waals surface area (Å²) in [6.07, 6.45) is 5.71. The highest BCUT2D eigenvalue weighted by atomic mass is 16.5. The molecule has 0 bridgehead atoms. The third-order valence-corrected chi connectivity index (χ3v) is 5.51. The minimum Gasteiger partial charge on any atom is -0.383 e. The molecule has 2 saturated heterocycles. The first-order valence-corrected chi connectivity index (χ1v) is 8.95. The Balaban J connectivity index is 1.90. The average molecular weight is 310 g/mol. The molecule has 4 nitrogen and oxygen atoms in total. The van der Waals surface area contributed by atoms with Crippen molar-refractivity contribution in [1.29, 1.82) is 0 Å². The molecule has 0 N–H and O–H groups in total. The molecule has 0 spiro atoms. The molecule has 4 heteroatoms. The summed E-state index contributed by atoms with van der Waals surface area (Å²) in [4.78, 5) is 17.4. The van der Waals surface area contributed by atoms with Gasteiger partial charge in [-0.05, 0) is 43.6 Å². The second kappa shape index (κ2) is 7.78. The van der Waals surface area contributed by atoms with Crippen molar-refractivity contribution in [2.24, 2.45) is 11.3 Å². The minimum absolute atomic E-state index is 0.0927. The van der Waals surface area contributed by atoms with Crippen molar-refractivity contribution in [3.05, 3.63) is 0 Å². The van der Waals surface area contributed by atoms with Gasteiger partial charge in [-0.2, -0.15) is 0 Å². The summed E-state index contributed by atoms with van der Waals surface area (Å²) in [5, 5.41) is 0. The van der Waals surface area contributed by atoms with Crippen LogP contribution in [0.15, 0.2) is 0 Å². The summed E-state index contributed by atoms with van der Waals surface area (Å²) < 4.78 is 5.20. The van der Waals surface area contributed by atoms with Crippen molar-refractivity contribution in [2.75, 3.05) is 39.9 Å². The van der Waals surface area contributed by atoms with Gasteiger partial charge in [-0.1, -0.05) is 27.2 Å². The van der Waals surface area contributed by atoms with E-state index in [1.165, 1.54) is 12.8 Å². The Morgan fingerprint density at radius 2 is 1.77 bits per heavy atom. The van der Waals surface area contributed by atoms with E-state index >= 15 is 0 Å². The van der Waals surface area contributed by atoms with E-state index in [9.17, 15) is 4.79 Å². The molecule has 0 aromatic carbocycles. The van der Waals surface area contributed by atoms with Gasteiger partial charge < -0.3 is 9.64 Å². The van der Waals surface area contributed by atoms with Crippen LogP contribution >= 0.6 is 0 Å². The Morgan fingerprint density at radius 3 is 2.36 bits per heavy atom. The van der Waals surface area contributed by atoms with E-state index in [0.717, 1.165) is 58.0 Å². The number of likely N-dealkylation sites (tertiary alicyclic amines) is 2. The summed E-state index contributed by atoms with van der Waals surface area (Å²) in [5.74, 6) is 1.11. The van der Waals surface area contributed by atoms with Crippen molar-refractivity contribution >= 4 is 5.91 Å². The van der Waals surface area contributed by atoms with Crippen LogP contribution in [0.25, 0.3) is 0 Å². The summed E-state index contributed by atoms with van der Waals surface area (Å²) >= 11 is 0. The Labute approximate surface area is 136 Å². The Bertz CT molecular complexity index is 357. The van der Waals surface area contributed by atoms with Gasteiger partial charge in [-0.3, -0.25) is 9.69 Å². The topological polar surface area (TPSA) is 32.8 Å². The van der Waals surface area contributed by atoms with Crippen LogP contribution in [0.2, 0.25) is 0 Å². The lowest BCUT2D eigenvalue weighted by Gasteiger charge is -2.42. The molecule has 0 aromatic rings. The first-order valence-electron chi connectivity index (χ1n) is 8.95. The number of piperidine rings is 2. The first kappa shape index (κ1) is 17.7. The predicted octanol–water partition coefficient (Wildman–Crippen LogP) is 2.77. The van der Waals surface area contributed by atoms with Crippen molar-refractivity contribution in [1.82, 2.24) is 9.80 Å². The van der Waals surface area contributed by atoms with Crippen LogP contribution in [0, 0.1) is 11.3 Å². The van der Waals surface area contributed by atoms with Crippen LogP contribution in [0.1, 0.15) is 52.9 Å². The molecular weight excluding hydrogens is 276 g/mol. The summed E-state index contributed by atoms with van der Waals surface area (Å²) in [5.41, 5.74) is 0.366. The van der Waals surface area contributed by atoms with Gasteiger partial charge in [0, 0.05) is 26.7 Å². The fourth-order valence-electron chi connectivity index (χ4n) is 3.92. The Hall–Kier alpha value is -0.610. The Morgan fingerprint density at radius 1 is 1.09 bits per heavy atom. The lowest BCUT2D eigenvalue weighted by molar-refractivity contribution is -0.140. The molecule has 2 rings (SSSR count). The fourth-order valence-corrected chi connectivity index (χ4v) is 3.92. The molecule has 22 heavy (non-hydrogen) atoms. The van der Waals surface area contributed by atoms with Gasteiger partial charge in [0.1, 0.15) is 0 Å². The predicted molar refractivity (Wildman–Crippen MR) is 89.8 cm³/mol. The number of carbonyl (C=O) groups is 1. The highest BCUT2D eigenvalue weighted by Gasteiger charge is 2.35. The monoisotopic (exact) mass is 310 g/mol. The van der Waals surface area contributed by atoms with E-state index < -0.39 is 0 Å². The molecule has 0 radical (unpaired) electrons. The SMILES string of the molecule is COCCN1CCCCC1C(=O)N1CCC(C(C)(C)C)CC1. The Kier molecular flexibility index (Phi) is 6.27. The van der Waals surface area contributed by atoms with Crippen LogP contribution in [-0.4, -0.2) is 61.6 Å². The maximum Gasteiger partial charge on any atom is 0.239 e. The third-order valence-electron chi connectivity index (χ3n) is 5.51. The summed E-state index contributed by atoms with van der Waals surface area (Å²) in [7, 11) is 1.73. The molecule has 2 heterocycles. The highest BCUT2D eigenvalue weighted by Crippen LogP contribution is 2.34. The normalized spacial score (nSPS) is 25.5. The number of hydrogen-bond acceptors (Lipinski definition) is 3. The molecule has 1 atom stereocenters. The zero-order valence-corrected chi connectivity index (χ0v) is 14.9. The number of nitrogens with zero attached hydrogens (tertiary/aromatic N) is 2. The maximum atomic E-state index is 12.9. The molecular formula is C18H34N2O2. The molecule has 2 aliphatic heterocycles. The van der Waals surface area contributed by atoms with Gasteiger partial charge in [0.15, 0.2) is 0 Å². The smallest absolute Gasteiger partial charge is 0.239 e. The van der Waals surface area contributed by atoms with Gasteiger partial charge in [0.2, 0.25) is 5.91 Å². The third kappa shape index (κ3) is 4.45. The lowest BCUT2D eigenvalue weighted by atomic mass is 9.75. The van der Waals surface area contributed by atoms with Gasteiger partial charge in [-0.25, -0.2) is 0 Å². The molecule has 0 saturated carbocycles. The number of ether oxygens (including phenoxy) is 1. The van der Waals surface area contributed by atoms with Crippen LogP contribution in [0.3, 0.4) is 0 Å². The molecule has 1 unspecified atom stereocenters.